The number of carbonyl (C=O) groups is 1. The van der Waals surface area contributed by atoms with Gasteiger partial charge in [0.25, 0.3) is 6.47 Å². The number of thiophene rings is 1. The highest BCUT2D eigenvalue weighted by molar-refractivity contribution is 7.16. The molecule has 0 aromatic carbocycles. The van der Waals surface area contributed by atoms with Gasteiger partial charge in [0, 0.05) is 10.4 Å². The van der Waals surface area contributed by atoms with Crippen LogP contribution in [0.2, 0.25) is 0 Å². The van der Waals surface area contributed by atoms with Crippen LogP contribution in [0.3, 0.4) is 0 Å². The molecule has 4 heteroatoms. The molecule has 1 heterocycles. The van der Waals surface area contributed by atoms with E-state index in [4.69, 9.17) is 5.73 Å². The first-order valence-corrected chi connectivity index (χ1v) is 3.95. The monoisotopic (exact) mass is 171 g/mol. The van der Waals surface area contributed by atoms with Crippen molar-refractivity contribution in [3.8, 4) is 0 Å². The maximum Gasteiger partial charge on any atom is 0.293 e. The fourth-order valence-electron chi connectivity index (χ4n) is 0.822. The Morgan fingerprint density at radius 2 is 2.55 bits per heavy atom. The Morgan fingerprint density at radius 1 is 1.82 bits per heavy atom. The second kappa shape index (κ2) is 3.39. The minimum absolute atomic E-state index is 0.277. The van der Waals surface area contributed by atoms with Crippen LogP contribution in [-0.4, -0.2) is 6.47 Å². The van der Waals surface area contributed by atoms with E-state index in [0.717, 1.165) is 15.4 Å². The minimum atomic E-state index is 0.277. The summed E-state index contributed by atoms with van der Waals surface area (Å²) in [5, 5.41) is 0.726. The number of nitrogen functional groups attached to an aromatic ring is 1. The van der Waals surface area contributed by atoms with Crippen LogP contribution in [0.1, 0.15) is 10.4 Å². The maximum atomic E-state index is 9.84. The zero-order chi connectivity index (χ0) is 8.27. The summed E-state index contributed by atoms with van der Waals surface area (Å²) in [7, 11) is 0. The Morgan fingerprint density at radius 3 is 3.00 bits per heavy atom. The summed E-state index contributed by atoms with van der Waals surface area (Å²) in [4.78, 5) is 11.0. The molecule has 3 nitrogen and oxygen atoms in total. The molecule has 0 aliphatic carbocycles. The summed E-state index contributed by atoms with van der Waals surface area (Å²) in [5.41, 5.74) is 6.49. The molecule has 0 bridgehead atoms. The van der Waals surface area contributed by atoms with E-state index in [-0.39, 0.29) is 6.61 Å². The Kier molecular flexibility index (Phi) is 2.48. The quantitative estimate of drug-likeness (QED) is 0.697. The molecule has 0 saturated heterocycles. The van der Waals surface area contributed by atoms with E-state index in [1.165, 1.54) is 11.3 Å². The molecule has 0 spiro atoms. The first-order valence-electron chi connectivity index (χ1n) is 3.14. The van der Waals surface area contributed by atoms with E-state index in [0.29, 0.717) is 6.47 Å². The summed E-state index contributed by atoms with van der Waals surface area (Å²) < 4.78 is 4.56. The number of hydrogen-bond acceptors (Lipinski definition) is 4. The number of aryl methyl sites for hydroxylation is 1. The molecule has 1 rings (SSSR count). The molecule has 60 valence electrons. The van der Waals surface area contributed by atoms with Gasteiger partial charge in [-0.3, -0.25) is 4.79 Å². The second-order valence-electron chi connectivity index (χ2n) is 2.15. The number of ether oxygens (including phenoxy) is 1. The Bertz CT molecular complexity index is 257. The van der Waals surface area contributed by atoms with Crippen LogP contribution in [0.15, 0.2) is 6.07 Å². The van der Waals surface area contributed by atoms with Crippen molar-refractivity contribution >= 4 is 22.8 Å². The molecule has 1 aromatic rings. The topological polar surface area (TPSA) is 52.3 Å². The van der Waals surface area contributed by atoms with E-state index in [1.807, 2.05) is 13.0 Å². The van der Waals surface area contributed by atoms with Crippen LogP contribution < -0.4 is 5.73 Å². The maximum absolute atomic E-state index is 9.84. The highest BCUT2D eigenvalue weighted by atomic mass is 32.1. The third-order valence-electron chi connectivity index (χ3n) is 1.27. The average Bonchev–Trinajstić information content (AvgIpc) is 2.26. The van der Waals surface area contributed by atoms with Gasteiger partial charge in [0.15, 0.2) is 0 Å². The van der Waals surface area contributed by atoms with Crippen LogP contribution in [-0.2, 0) is 16.1 Å². The van der Waals surface area contributed by atoms with Crippen LogP contribution in [0.4, 0.5) is 5.00 Å². The van der Waals surface area contributed by atoms with Crippen molar-refractivity contribution in [2.75, 3.05) is 5.73 Å². The molecule has 0 atom stereocenters. The molecule has 11 heavy (non-hydrogen) atoms. The van der Waals surface area contributed by atoms with E-state index in [1.54, 1.807) is 0 Å². The SMILES string of the molecule is Cc1cc(COC=O)c(N)s1. The largest absolute Gasteiger partial charge is 0.463 e. The number of rotatable bonds is 3. The van der Waals surface area contributed by atoms with E-state index < -0.39 is 0 Å². The predicted octanol–water partition coefficient (Wildman–Crippen LogP) is 1.31. The third kappa shape index (κ3) is 1.94. The molecule has 0 amide bonds. The lowest BCUT2D eigenvalue weighted by Gasteiger charge is -1.95. The molecular formula is C7H9NO2S. The predicted molar refractivity (Wildman–Crippen MR) is 44.3 cm³/mol. The van der Waals surface area contributed by atoms with Gasteiger partial charge in [-0.05, 0) is 13.0 Å². The summed E-state index contributed by atoms with van der Waals surface area (Å²) in [6.07, 6.45) is 0. The molecule has 0 aliphatic heterocycles. The third-order valence-corrected chi connectivity index (χ3v) is 2.19. The zero-order valence-electron chi connectivity index (χ0n) is 6.16. The number of nitrogens with two attached hydrogens (primary N) is 1. The van der Waals surface area contributed by atoms with Crippen molar-refractivity contribution in [3.05, 3.63) is 16.5 Å². The minimum Gasteiger partial charge on any atom is -0.463 e. The van der Waals surface area contributed by atoms with E-state index in [9.17, 15) is 4.79 Å². The summed E-state index contributed by atoms with van der Waals surface area (Å²) >= 11 is 1.50. The molecule has 2 N–H and O–H groups in total. The van der Waals surface area contributed by atoms with Crippen molar-refractivity contribution < 1.29 is 9.53 Å². The number of carbonyl (C=O) groups excluding carboxylic acids is 1. The molecule has 1 aromatic heterocycles. The summed E-state index contributed by atoms with van der Waals surface area (Å²) in [5.74, 6) is 0. The van der Waals surface area contributed by atoms with E-state index >= 15 is 0 Å². The van der Waals surface area contributed by atoms with Gasteiger partial charge in [-0.25, -0.2) is 0 Å². The van der Waals surface area contributed by atoms with Crippen LogP contribution in [0.5, 0.6) is 0 Å². The van der Waals surface area contributed by atoms with Gasteiger partial charge in [0.1, 0.15) is 6.61 Å². The van der Waals surface area contributed by atoms with Gasteiger partial charge in [-0.15, -0.1) is 11.3 Å². The fourth-order valence-corrected chi connectivity index (χ4v) is 1.62. The Labute approximate surface area is 68.8 Å². The fraction of sp³-hybridized carbons (Fsp3) is 0.286. The van der Waals surface area contributed by atoms with Gasteiger partial charge in [0.05, 0.1) is 5.00 Å². The molecule has 0 aliphatic rings. The molecular weight excluding hydrogens is 162 g/mol. The van der Waals surface area contributed by atoms with Crippen molar-refractivity contribution in [1.82, 2.24) is 0 Å². The first kappa shape index (κ1) is 8.07. The first-order chi connectivity index (χ1) is 5.24. The average molecular weight is 171 g/mol. The van der Waals surface area contributed by atoms with Gasteiger partial charge < -0.3 is 10.5 Å². The summed E-state index contributed by atoms with van der Waals surface area (Å²) in [6.45, 7) is 2.66. The zero-order valence-corrected chi connectivity index (χ0v) is 6.98. The van der Waals surface area contributed by atoms with Gasteiger partial charge in [-0.2, -0.15) is 0 Å². The second-order valence-corrected chi connectivity index (χ2v) is 3.44. The highest BCUT2D eigenvalue weighted by Crippen LogP contribution is 2.24. The lowest BCUT2D eigenvalue weighted by molar-refractivity contribution is -0.129. The van der Waals surface area contributed by atoms with Gasteiger partial charge in [0.2, 0.25) is 0 Å². The standard InChI is InChI=1S/C7H9NO2S/c1-5-2-6(3-10-4-9)7(8)11-5/h2,4H,3,8H2,1H3. The van der Waals surface area contributed by atoms with Crippen molar-refractivity contribution in [2.45, 2.75) is 13.5 Å². The van der Waals surface area contributed by atoms with E-state index in [2.05, 4.69) is 4.74 Å². The highest BCUT2D eigenvalue weighted by Gasteiger charge is 2.02. The molecule has 0 saturated carbocycles. The van der Waals surface area contributed by atoms with Crippen LogP contribution in [0.25, 0.3) is 0 Å². The summed E-state index contributed by atoms with van der Waals surface area (Å²) in [6, 6.07) is 1.92. The molecule has 0 fully saturated rings. The molecule has 0 radical (unpaired) electrons. The smallest absolute Gasteiger partial charge is 0.293 e. The van der Waals surface area contributed by atoms with Gasteiger partial charge in [-0.1, -0.05) is 0 Å². The number of anilines is 1. The Balaban J connectivity index is 2.69. The van der Waals surface area contributed by atoms with Gasteiger partial charge >= 0.3 is 0 Å². The van der Waals surface area contributed by atoms with Crippen LogP contribution >= 0.6 is 11.3 Å². The lowest BCUT2D eigenvalue weighted by Crippen LogP contribution is -1.91. The Hall–Kier alpha value is -1.03. The number of hydrogen-bond donors (Lipinski definition) is 1. The normalized spacial score (nSPS) is 9.55. The van der Waals surface area contributed by atoms with Crippen LogP contribution in [0, 0.1) is 6.92 Å². The van der Waals surface area contributed by atoms with Crippen molar-refractivity contribution in [3.63, 3.8) is 0 Å². The molecule has 0 unspecified atom stereocenters. The lowest BCUT2D eigenvalue weighted by atomic mass is 10.3. The van der Waals surface area contributed by atoms with Crippen molar-refractivity contribution in [2.24, 2.45) is 0 Å². The van der Waals surface area contributed by atoms with Crippen molar-refractivity contribution in [1.29, 1.82) is 0 Å².